The lowest BCUT2D eigenvalue weighted by Gasteiger charge is -2.22. The van der Waals surface area contributed by atoms with E-state index < -0.39 is 10.0 Å². The predicted molar refractivity (Wildman–Crippen MR) is 92.0 cm³/mol. The highest BCUT2D eigenvalue weighted by Crippen LogP contribution is 2.18. The van der Waals surface area contributed by atoms with Gasteiger partial charge < -0.3 is 9.47 Å². The third kappa shape index (κ3) is 4.16. The van der Waals surface area contributed by atoms with Gasteiger partial charge >= 0.3 is 0 Å². The fourth-order valence-corrected chi connectivity index (χ4v) is 4.23. The summed E-state index contributed by atoms with van der Waals surface area (Å²) in [6.45, 7) is 7.72. The maximum absolute atomic E-state index is 12.8. The van der Waals surface area contributed by atoms with Gasteiger partial charge in [0.15, 0.2) is 5.03 Å². The second-order valence-corrected chi connectivity index (χ2v) is 8.48. The Balaban J connectivity index is 2.06. The molecule has 1 aromatic heterocycles. The van der Waals surface area contributed by atoms with Gasteiger partial charge in [-0.3, -0.25) is 4.79 Å². The summed E-state index contributed by atoms with van der Waals surface area (Å²) in [7, 11) is -1.82. The van der Waals surface area contributed by atoms with Gasteiger partial charge in [-0.25, -0.2) is 13.4 Å². The van der Waals surface area contributed by atoms with E-state index >= 15 is 0 Å². The third-order valence-electron chi connectivity index (χ3n) is 4.72. The quantitative estimate of drug-likeness (QED) is 0.799. The number of aromatic nitrogens is 2. The molecule has 1 aliphatic rings. The first kappa shape index (κ1) is 18.9. The van der Waals surface area contributed by atoms with Crippen LogP contribution in [0.4, 0.5) is 0 Å². The highest BCUT2D eigenvalue weighted by Gasteiger charge is 2.30. The van der Waals surface area contributed by atoms with Crippen molar-refractivity contribution in [1.29, 1.82) is 0 Å². The molecule has 1 saturated heterocycles. The Labute approximate surface area is 144 Å². The lowest BCUT2D eigenvalue weighted by Crippen LogP contribution is -2.37. The van der Waals surface area contributed by atoms with Crippen molar-refractivity contribution in [2.45, 2.75) is 45.1 Å². The monoisotopic (exact) mass is 356 g/mol. The number of carbonyl (C=O) groups excluding carboxylic acids is 1. The van der Waals surface area contributed by atoms with E-state index in [1.165, 1.54) is 4.31 Å². The summed E-state index contributed by atoms with van der Waals surface area (Å²) in [5.74, 6) is 1.14. The molecule has 7 nitrogen and oxygen atoms in total. The number of aryl methyl sites for hydroxylation is 2. The van der Waals surface area contributed by atoms with E-state index in [2.05, 4.69) is 18.8 Å². The minimum Gasteiger partial charge on any atom is -0.341 e. The largest absolute Gasteiger partial charge is 0.341 e. The summed E-state index contributed by atoms with van der Waals surface area (Å²) in [6.07, 6.45) is 3.69. The molecular weight excluding hydrogens is 328 g/mol. The first-order valence-corrected chi connectivity index (χ1v) is 9.97. The molecule has 0 radical (unpaired) electrons. The first-order chi connectivity index (χ1) is 11.3. The van der Waals surface area contributed by atoms with Crippen LogP contribution in [0.5, 0.6) is 0 Å². The van der Waals surface area contributed by atoms with E-state index in [1.807, 2.05) is 0 Å². The zero-order valence-electron chi connectivity index (χ0n) is 15.0. The van der Waals surface area contributed by atoms with Gasteiger partial charge in [0, 0.05) is 45.8 Å². The van der Waals surface area contributed by atoms with Gasteiger partial charge in [0.2, 0.25) is 5.91 Å². The predicted octanol–water partition coefficient (Wildman–Crippen LogP) is 1.39. The molecule has 0 saturated carbocycles. The van der Waals surface area contributed by atoms with Gasteiger partial charge in [-0.2, -0.15) is 4.31 Å². The van der Waals surface area contributed by atoms with Crippen LogP contribution < -0.4 is 0 Å². The molecule has 1 amide bonds. The van der Waals surface area contributed by atoms with E-state index in [-0.39, 0.29) is 10.9 Å². The van der Waals surface area contributed by atoms with Crippen LogP contribution in [0.25, 0.3) is 0 Å². The van der Waals surface area contributed by atoms with Crippen LogP contribution in [0.2, 0.25) is 0 Å². The van der Waals surface area contributed by atoms with Crippen molar-refractivity contribution in [2.75, 3.05) is 26.2 Å². The molecule has 1 fully saturated rings. The molecule has 1 unspecified atom stereocenters. The van der Waals surface area contributed by atoms with Crippen molar-refractivity contribution in [3.8, 4) is 0 Å². The van der Waals surface area contributed by atoms with E-state index in [1.54, 1.807) is 29.6 Å². The van der Waals surface area contributed by atoms with Crippen LogP contribution in [0.1, 0.15) is 38.9 Å². The van der Waals surface area contributed by atoms with Crippen molar-refractivity contribution >= 4 is 15.9 Å². The number of amides is 1. The van der Waals surface area contributed by atoms with Crippen LogP contribution in [-0.4, -0.2) is 59.3 Å². The lowest BCUT2D eigenvalue weighted by molar-refractivity contribution is -0.131. The van der Waals surface area contributed by atoms with Gasteiger partial charge in [0.1, 0.15) is 5.82 Å². The third-order valence-corrected chi connectivity index (χ3v) is 6.49. The molecule has 0 bridgehead atoms. The fourth-order valence-electron chi connectivity index (χ4n) is 2.74. The Bertz CT molecular complexity index is 664. The Kier molecular flexibility index (Phi) is 6.03. The molecule has 24 heavy (non-hydrogen) atoms. The average molecular weight is 356 g/mol. The minimum absolute atomic E-state index is 0.0851. The van der Waals surface area contributed by atoms with Gasteiger partial charge in [-0.15, -0.1) is 0 Å². The molecule has 0 spiro atoms. The van der Waals surface area contributed by atoms with Crippen LogP contribution >= 0.6 is 0 Å². The number of nitrogens with zero attached hydrogens (tertiary/aromatic N) is 4. The Morgan fingerprint density at radius 3 is 2.58 bits per heavy atom. The van der Waals surface area contributed by atoms with Gasteiger partial charge in [0.05, 0.1) is 0 Å². The normalized spacial score (nSPS) is 18.4. The number of sulfonamides is 1. The van der Waals surface area contributed by atoms with E-state index in [9.17, 15) is 13.2 Å². The summed E-state index contributed by atoms with van der Waals surface area (Å²) in [6, 6.07) is 0. The summed E-state index contributed by atoms with van der Waals surface area (Å²) in [4.78, 5) is 18.3. The minimum atomic E-state index is -3.60. The molecule has 1 aromatic rings. The summed E-state index contributed by atoms with van der Waals surface area (Å²) < 4.78 is 28.7. The van der Waals surface area contributed by atoms with Crippen LogP contribution in [0.3, 0.4) is 0 Å². The van der Waals surface area contributed by atoms with E-state index in [4.69, 9.17) is 0 Å². The molecule has 0 aliphatic carbocycles. The molecule has 136 valence electrons. The Hall–Kier alpha value is -1.41. The summed E-state index contributed by atoms with van der Waals surface area (Å²) >= 11 is 0. The highest BCUT2D eigenvalue weighted by atomic mass is 32.2. The topological polar surface area (TPSA) is 75.5 Å². The maximum atomic E-state index is 12.8. The highest BCUT2D eigenvalue weighted by molar-refractivity contribution is 7.89. The standard InChI is InChI=1S/C16H28N4O3S/c1-5-13(2)11-16(21)19-7-6-8-20(10-9-19)24(22,23)15-12-18(4)14(3)17-15/h12-13H,5-11H2,1-4H3. The average Bonchev–Trinajstić information content (AvgIpc) is 2.76. The second kappa shape index (κ2) is 7.65. The van der Waals surface area contributed by atoms with Crippen LogP contribution in [-0.2, 0) is 21.9 Å². The first-order valence-electron chi connectivity index (χ1n) is 8.53. The van der Waals surface area contributed by atoms with Crippen molar-refractivity contribution in [2.24, 2.45) is 13.0 Å². The molecule has 1 atom stereocenters. The number of hydrogen-bond donors (Lipinski definition) is 0. The number of hydrogen-bond acceptors (Lipinski definition) is 4. The molecule has 2 heterocycles. The van der Waals surface area contributed by atoms with Gasteiger partial charge in [-0.1, -0.05) is 20.3 Å². The molecule has 0 N–H and O–H groups in total. The van der Waals surface area contributed by atoms with Crippen molar-refractivity contribution in [1.82, 2.24) is 18.8 Å². The Morgan fingerprint density at radius 1 is 1.29 bits per heavy atom. The summed E-state index contributed by atoms with van der Waals surface area (Å²) in [5.41, 5.74) is 0. The number of imidazole rings is 1. The second-order valence-electron chi connectivity index (χ2n) is 6.59. The molecular formula is C16H28N4O3S. The molecule has 0 aromatic carbocycles. The van der Waals surface area contributed by atoms with Crippen molar-refractivity contribution in [3.05, 3.63) is 12.0 Å². The summed E-state index contributed by atoms with van der Waals surface area (Å²) in [5, 5.41) is 0.0851. The van der Waals surface area contributed by atoms with Crippen molar-refractivity contribution in [3.63, 3.8) is 0 Å². The lowest BCUT2D eigenvalue weighted by atomic mass is 10.0. The van der Waals surface area contributed by atoms with E-state index in [0.717, 1.165) is 6.42 Å². The van der Waals surface area contributed by atoms with Gasteiger partial charge in [0.25, 0.3) is 10.0 Å². The zero-order valence-corrected chi connectivity index (χ0v) is 15.8. The van der Waals surface area contributed by atoms with Crippen molar-refractivity contribution < 1.29 is 13.2 Å². The molecule has 2 rings (SSSR count). The van der Waals surface area contributed by atoms with Crippen LogP contribution in [0.15, 0.2) is 11.2 Å². The maximum Gasteiger partial charge on any atom is 0.262 e. The smallest absolute Gasteiger partial charge is 0.262 e. The van der Waals surface area contributed by atoms with E-state index in [0.29, 0.717) is 50.8 Å². The van der Waals surface area contributed by atoms with Gasteiger partial charge in [-0.05, 0) is 19.3 Å². The molecule has 1 aliphatic heterocycles. The van der Waals surface area contributed by atoms with Crippen LogP contribution in [0, 0.1) is 12.8 Å². The molecule has 8 heteroatoms. The zero-order chi connectivity index (χ0) is 17.9. The number of rotatable bonds is 5. The fraction of sp³-hybridized carbons (Fsp3) is 0.750. The number of carbonyl (C=O) groups is 1. The SMILES string of the molecule is CCC(C)CC(=O)N1CCCN(S(=O)(=O)c2cn(C)c(C)n2)CC1. The Morgan fingerprint density at radius 2 is 2.00 bits per heavy atom.